The lowest BCUT2D eigenvalue weighted by atomic mass is 9.99. The van der Waals surface area contributed by atoms with Gasteiger partial charge in [0, 0.05) is 0 Å². The molecule has 1 aliphatic heterocycles. The van der Waals surface area contributed by atoms with Crippen LogP contribution in [0, 0.1) is 0 Å². The van der Waals surface area contributed by atoms with Crippen molar-refractivity contribution in [2.75, 3.05) is 6.61 Å². The van der Waals surface area contributed by atoms with Gasteiger partial charge in [0.05, 0.1) is 18.8 Å². The van der Waals surface area contributed by atoms with Crippen LogP contribution in [0.1, 0.15) is 27.7 Å². The molecule has 0 spiro atoms. The second-order valence-corrected chi connectivity index (χ2v) is 5.08. The van der Waals surface area contributed by atoms with Gasteiger partial charge in [0.2, 0.25) is 0 Å². The molecule has 0 aromatic rings. The number of aliphatic hydroxyl groups is 3. The topological polar surface area (TPSA) is 88.4 Å². The van der Waals surface area contributed by atoms with E-state index in [0.717, 1.165) is 0 Å². The predicted octanol–water partition coefficient (Wildman–Crippen LogP) is -0.356. The number of hydrogen-bond acceptors (Lipinski definition) is 6. The van der Waals surface area contributed by atoms with Crippen molar-refractivity contribution in [3.05, 3.63) is 0 Å². The van der Waals surface area contributed by atoms with Crippen LogP contribution in [0.2, 0.25) is 0 Å². The second kappa shape index (κ2) is 6.79. The Balaban J connectivity index is 2.62. The van der Waals surface area contributed by atoms with Gasteiger partial charge < -0.3 is 29.5 Å². The van der Waals surface area contributed by atoms with E-state index in [1.54, 1.807) is 13.8 Å². The van der Waals surface area contributed by atoms with Gasteiger partial charge in [-0.2, -0.15) is 0 Å². The Hall–Kier alpha value is -0.240. The minimum atomic E-state index is -1.30. The standard InChI is InChI=1S/C12H24O6/c1-6(2)16-5-8-9(13)10(14)11(15)12(18-8)17-7(3)4/h6-15H,5H2,1-4H3/t8-,9-,10+,11-,12?/m0/s1. The first-order valence-corrected chi connectivity index (χ1v) is 6.29. The summed E-state index contributed by atoms with van der Waals surface area (Å²) in [4.78, 5) is 0. The predicted molar refractivity (Wildman–Crippen MR) is 64.0 cm³/mol. The van der Waals surface area contributed by atoms with E-state index in [4.69, 9.17) is 14.2 Å². The fourth-order valence-electron chi connectivity index (χ4n) is 1.72. The zero-order valence-electron chi connectivity index (χ0n) is 11.3. The molecular formula is C12H24O6. The monoisotopic (exact) mass is 264 g/mol. The van der Waals surface area contributed by atoms with Crippen molar-refractivity contribution in [2.45, 2.75) is 70.6 Å². The molecule has 1 rings (SSSR count). The number of aliphatic hydroxyl groups excluding tert-OH is 3. The van der Waals surface area contributed by atoms with Gasteiger partial charge in [0.1, 0.15) is 24.4 Å². The summed E-state index contributed by atoms with van der Waals surface area (Å²) in [5.41, 5.74) is 0. The Kier molecular flexibility index (Phi) is 5.97. The third kappa shape index (κ3) is 4.15. The van der Waals surface area contributed by atoms with Crippen LogP contribution in [-0.4, -0.2) is 64.8 Å². The Morgan fingerprint density at radius 2 is 1.56 bits per heavy atom. The minimum Gasteiger partial charge on any atom is -0.387 e. The quantitative estimate of drug-likeness (QED) is 0.629. The molecule has 1 fully saturated rings. The molecule has 1 saturated heterocycles. The molecule has 0 saturated carbocycles. The van der Waals surface area contributed by atoms with Gasteiger partial charge >= 0.3 is 0 Å². The Morgan fingerprint density at radius 1 is 0.944 bits per heavy atom. The summed E-state index contributed by atoms with van der Waals surface area (Å²) in [6.45, 7) is 7.46. The van der Waals surface area contributed by atoms with Crippen molar-refractivity contribution >= 4 is 0 Å². The first-order valence-electron chi connectivity index (χ1n) is 6.29. The molecule has 1 unspecified atom stereocenters. The molecular weight excluding hydrogens is 240 g/mol. The average Bonchev–Trinajstić information content (AvgIpc) is 2.27. The van der Waals surface area contributed by atoms with Crippen LogP contribution in [0.15, 0.2) is 0 Å². The maximum atomic E-state index is 9.80. The molecule has 0 aromatic carbocycles. The summed E-state index contributed by atoms with van der Waals surface area (Å²) < 4.78 is 16.2. The van der Waals surface area contributed by atoms with Crippen LogP contribution >= 0.6 is 0 Å². The molecule has 18 heavy (non-hydrogen) atoms. The molecule has 0 radical (unpaired) electrons. The summed E-state index contributed by atoms with van der Waals surface area (Å²) in [5.74, 6) is 0. The Morgan fingerprint density at radius 3 is 2.06 bits per heavy atom. The zero-order chi connectivity index (χ0) is 13.9. The van der Waals surface area contributed by atoms with Crippen LogP contribution in [-0.2, 0) is 14.2 Å². The van der Waals surface area contributed by atoms with Crippen molar-refractivity contribution < 1.29 is 29.5 Å². The molecule has 0 aromatic heterocycles. The van der Waals surface area contributed by atoms with E-state index in [1.165, 1.54) is 0 Å². The summed E-state index contributed by atoms with van der Waals surface area (Å²) in [6.07, 6.45) is -5.58. The highest BCUT2D eigenvalue weighted by Gasteiger charge is 2.44. The smallest absolute Gasteiger partial charge is 0.186 e. The lowest BCUT2D eigenvalue weighted by molar-refractivity contribution is -0.311. The van der Waals surface area contributed by atoms with Crippen molar-refractivity contribution in [1.82, 2.24) is 0 Å². The van der Waals surface area contributed by atoms with E-state index in [2.05, 4.69) is 0 Å². The normalized spacial score (nSPS) is 37.5. The molecule has 1 heterocycles. The molecule has 5 atom stereocenters. The van der Waals surface area contributed by atoms with E-state index in [1.807, 2.05) is 13.8 Å². The van der Waals surface area contributed by atoms with Crippen molar-refractivity contribution in [3.8, 4) is 0 Å². The fraction of sp³-hybridized carbons (Fsp3) is 1.00. The summed E-state index contributed by atoms with van der Waals surface area (Å²) in [7, 11) is 0. The maximum Gasteiger partial charge on any atom is 0.186 e. The highest BCUT2D eigenvalue weighted by molar-refractivity contribution is 4.89. The number of ether oxygens (including phenoxy) is 3. The molecule has 6 nitrogen and oxygen atoms in total. The van der Waals surface area contributed by atoms with Gasteiger partial charge in [0.25, 0.3) is 0 Å². The molecule has 0 amide bonds. The van der Waals surface area contributed by atoms with Crippen LogP contribution in [0.25, 0.3) is 0 Å². The van der Waals surface area contributed by atoms with Crippen LogP contribution in [0.3, 0.4) is 0 Å². The second-order valence-electron chi connectivity index (χ2n) is 5.08. The van der Waals surface area contributed by atoms with Gasteiger partial charge in [-0.15, -0.1) is 0 Å². The van der Waals surface area contributed by atoms with E-state index in [9.17, 15) is 15.3 Å². The summed E-state index contributed by atoms with van der Waals surface area (Å²) in [6, 6.07) is 0. The molecule has 3 N–H and O–H groups in total. The van der Waals surface area contributed by atoms with Gasteiger partial charge in [-0.25, -0.2) is 0 Å². The third-order valence-electron chi connectivity index (χ3n) is 2.67. The first kappa shape index (κ1) is 15.8. The van der Waals surface area contributed by atoms with E-state index in [0.29, 0.717) is 0 Å². The van der Waals surface area contributed by atoms with E-state index >= 15 is 0 Å². The number of rotatable bonds is 5. The molecule has 1 aliphatic rings. The Labute approximate surface area is 107 Å². The van der Waals surface area contributed by atoms with Gasteiger partial charge in [-0.05, 0) is 27.7 Å². The van der Waals surface area contributed by atoms with Crippen molar-refractivity contribution in [1.29, 1.82) is 0 Å². The molecule has 108 valence electrons. The third-order valence-corrected chi connectivity index (χ3v) is 2.67. The molecule has 6 heteroatoms. The van der Waals surface area contributed by atoms with Gasteiger partial charge in [-0.1, -0.05) is 0 Å². The lowest BCUT2D eigenvalue weighted by Crippen LogP contribution is -2.59. The minimum absolute atomic E-state index is 0.00531. The van der Waals surface area contributed by atoms with Gasteiger partial charge in [0.15, 0.2) is 6.29 Å². The summed E-state index contributed by atoms with van der Waals surface area (Å²) >= 11 is 0. The van der Waals surface area contributed by atoms with Crippen LogP contribution in [0.4, 0.5) is 0 Å². The summed E-state index contributed by atoms with van der Waals surface area (Å²) in [5, 5.41) is 29.3. The largest absolute Gasteiger partial charge is 0.387 e. The maximum absolute atomic E-state index is 9.80. The Bertz CT molecular complexity index is 243. The van der Waals surface area contributed by atoms with E-state index in [-0.39, 0.29) is 18.8 Å². The SMILES string of the molecule is CC(C)OC[C@@H]1OC(OC(C)C)[C@@H](O)[C@H](O)[C@H]1O. The van der Waals surface area contributed by atoms with Crippen molar-refractivity contribution in [2.24, 2.45) is 0 Å². The highest BCUT2D eigenvalue weighted by atomic mass is 16.7. The lowest BCUT2D eigenvalue weighted by Gasteiger charge is -2.40. The molecule has 0 bridgehead atoms. The van der Waals surface area contributed by atoms with Crippen LogP contribution in [0.5, 0.6) is 0 Å². The highest BCUT2D eigenvalue weighted by Crippen LogP contribution is 2.23. The van der Waals surface area contributed by atoms with E-state index < -0.39 is 30.7 Å². The van der Waals surface area contributed by atoms with Crippen molar-refractivity contribution in [3.63, 3.8) is 0 Å². The molecule has 0 aliphatic carbocycles. The average molecular weight is 264 g/mol. The number of hydrogen-bond donors (Lipinski definition) is 3. The zero-order valence-corrected chi connectivity index (χ0v) is 11.3. The van der Waals surface area contributed by atoms with Gasteiger partial charge in [-0.3, -0.25) is 0 Å². The van der Waals surface area contributed by atoms with Crippen LogP contribution < -0.4 is 0 Å². The fourth-order valence-corrected chi connectivity index (χ4v) is 1.72. The first-order chi connectivity index (χ1) is 8.32.